The topological polar surface area (TPSA) is 14.2 Å². The predicted octanol–water partition coefficient (Wildman–Crippen LogP) is 8.43. The van der Waals surface area contributed by atoms with Crippen LogP contribution in [0.5, 0.6) is 11.5 Å². The van der Waals surface area contributed by atoms with Gasteiger partial charge in [-0.15, -0.1) is 0 Å². The molecule has 6 aromatic carbocycles. The van der Waals surface area contributed by atoms with Gasteiger partial charge in [0.1, 0.15) is 11.5 Å². The molecule has 0 radical (unpaired) electrons. The molecule has 1 aromatic heterocycles. The lowest BCUT2D eigenvalue weighted by Gasteiger charge is -2.33. The van der Waals surface area contributed by atoms with E-state index in [1.807, 2.05) is 0 Å². The molecule has 0 unspecified atom stereocenters. The van der Waals surface area contributed by atoms with E-state index in [0.29, 0.717) is 0 Å². The zero-order valence-electron chi connectivity index (χ0n) is 41.8. The van der Waals surface area contributed by atoms with Gasteiger partial charge in [-0.1, -0.05) is 90.6 Å². The highest BCUT2D eigenvalue weighted by molar-refractivity contribution is 8.28. The van der Waals surface area contributed by atoms with Crippen molar-refractivity contribution in [3.63, 3.8) is 0 Å². The molecule has 2 nitrogen and oxygen atoms in total. The minimum atomic E-state index is -1.36. The fourth-order valence-electron chi connectivity index (χ4n) is 5.00. The fourth-order valence-corrected chi connectivity index (χ4v) is 6.25. The number of aromatic nitrogens is 1. The van der Waals surface area contributed by atoms with Gasteiger partial charge in [-0.25, -0.2) is 0 Å². The fraction of sp³-hybridized carbons (Fsp3) is 0. The first kappa shape index (κ1) is 9.76. The summed E-state index contributed by atoms with van der Waals surface area (Å²) in [5, 5.41) is -0.740. The van der Waals surface area contributed by atoms with Crippen LogP contribution in [-0.2, 0) is 0 Å². The maximum atomic E-state index is 9.68. The van der Waals surface area contributed by atoms with Crippen LogP contribution in [0, 0.1) is 0 Å². The number of hydrogen-bond acceptors (Lipinski definition) is 2. The molecule has 0 atom stereocenters. The van der Waals surface area contributed by atoms with Crippen LogP contribution in [0.2, 0.25) is 0 Å². The molecule has 2 aliphatic heterocycles. The third-order valence-corrected chi connectivity index (χ3v) is 7.92. The van der Waals surface area contributed by atoms with E-state index in [2.05, 4.69) is 0 Å². The number of hydrogen-bond donors (Lipinski definition) is 0. The molecule has 186 valence electrons. The second-order valence-electron chi connectivity index (χ2n) is 8.80. The molecular formula is C36H22BNOS. The van der Waals surface area contributed by atoms with E-state index in [-0.39, 0.29) is 37.7 Å². The Hall–Kier alpha value is -4.67. The number of para-hydroxylation sites is 2. The van der Waals surface area contributed by atoms with Crippen molar-refractivity contribution in [1.29, 1.82) is 0 Å². The Kier molecular flexibility index (Phi) is 2.05. The zero-order valence-corrected chi connectivity index (χ0v) is 20.7. The van der Waals surface area contributed by atoms with Gasteiger partial charge >= 0.3 is 0 Å². The van der Waals surface area contributed by atoms with Crippen LogP contribution in [0.4, 0.5) is 0 Å². The second-order valence-corrected chi connectivity index (χ2v) is 9.91. The predicted molar refractivity (Wildman–Crippen MR) is 169 cm³/mol. The highest BCUT2D eigenvalue weighted by Crippen LogP contribution is 2.45. The van der Waals surface area contributed by atoms with Crippen molar-refractivity contribution in [2.45, 2.75) is 4.90 Å². The molecule has 0 aliphatic carbocycles. The van der Waals surface area contributed by atoms with Crippen molar-refractivity contribution in [1.82, 2.24) is 4.57 Å². The lowest BCUT2D eigenvalue weighted by atomic mass is 9.57. The van der Waals surface area contributed by atoms with Gasteiger partial charge in [0.15, 0.2) is 0 Å². The summed E-state index contributed by atoms with van der Waals surface area (Å²) in [4.78, 5) is -0.151. The smallest absolute Gasteiger partial charge is 0.289 e. The Morgan fingerprint density at radius 1 is 0.600 bits per heavy atom. The molecule has 9 rings (SSSR count). The first-order valence-corrected chi connectivity index (χ1v) is 12.7. The molecule has 0 spiro atoms. The Labute approximate surface area is 267 Å². The van der Waals surface area contributed by atoms with Crippen LogP contribution in [0.3, 0.4) is 0 Å². The Morgan fingerprint density at radius 3 is 2.10 bits per heavy atom. The SMILES string of the molecule is [2H]c1c([2H])c([2H])c(-c2c([2H])c3c4c(c2[2H])-c2c([2H])c([2H])c([2H])c([2H])c2SB4c2c([2H])c([2H])c(-n4c5c([2H])c([2H])c([2H])c([2H])c5c5c([2H])c([2H])c([2H])c([2H])c54)c([2H])c2O3)c([2H])c1[2H]. The first-order valence-electron chi connectivity index (χ1n) is 22.8. The van der Waals surface area contributed by atoms with E-state index in [4.69, 9.17) is 28.0 Å². The maximum Gasteiger partial charge on any atom is 0.289 e. The van der Waals surface area contributed by atoms with E-state index >= 15 is 0 Å². The van der Waals surface area contributed by atoms with Crippen LogP contribution in [0.25, 0.3) is 49.7 Å². The number of fused-ring (bicyclic) bond motifs is 7. The van der Waals surface area contributed by atoms with Gasteiger partial charge in [0.25, 0.3) is 5.99 Å². The van der Waals surface area contributed by atoms with E-state index in [1.54, 1.807) is 0 Å². The minimum Gasteiger partial charge on any atom is -0.458 e. The lowest BCUT2D eigenvalue weighted by molar-refractivity contribution is 0.488. The van der Waals surface area contributed by atoms with Crippen LogP contribution in [-0.4, -0.2) is 10.6 Å². The molecule has 0 bridgehead atoms. The average molecular weight is 550 g/mol. The van der Waals surface area contributed by atoms with Crippen molar-refractivity contribution in [2.75, 3.05) is 0 Å². The van der Waals surface area contributed by atoms with Gasteiger partial charge < -0.3 is 9.30 Å². The van der Waals surface area contributed by atoms with Gasteiger partial charge in [-0.2, -0.15) is 11.6 Å². The summed E-state index contributed by atoms with van der Waals surface area (Å²) in [5.41, 5.74) is -3.64. The number of rotatable bonds is 2. The molecular weight excluding hydrogens is 505 g/mol. The van der Waals surface area contributed by atoms with Gasteiger partial charge in [0, 0.05) is 27.4 Å². The van der Waals surface area contributed by atoms with Gasteiger partial charge in [-0.05, 0) is 69.4 Å². The summed E-state index contributed by atoms with van der Waals surface area (Å²) in [7, 11) is 0. The molecule has 3 heterocycles. The molecule has 0 saturated heterocycles. The summed E-state index contributed by atoms with van der Waals surface area (Å²) < 4.78 is 201. The molecule has 0 amide bonds. The summed E-state index contributed by atoms with van der Waals surface area (Å²) >= 11 is 0.749. The van der Waals surface area contributed by atoms with E-state index in [9.17, 15) is 6.85 Å². The largest absolute Gasteiger partial charge is 0.458 e. The monoisotopic (exact) mass is 549 g/mol. The standard InChI is InChI=1S/C36H22BNOS/c1-2-10-23(11-3-1)24-20-29-28-14-6-9-17-35(28)40-37-30-19-18-25(22-33(30)39-34(21-24)36(29)37)38-31-15-7-4-12-26(31)27-13-5-8-16-32(27)38/h1-22H/i1D,2D,3D,4D,5D,6D,7D,8D,9D,10D,11D,12D,13D,14D,15D,16D,17D,18D,19D,20D,21D,22D. The first-order chi connectivity index (χ1) is 29.0. The minimum absolute atomic E-state index is 0.105. The van der Waals surface area contributed by atoms with Crippen molar-refractivity contribution in [2.24, 2.45) is 0 Å². The number of nitrogens with zero attached hydrogens (tertiary/aromatic N) is 1. The molecule has 0 fully saturated rings. The summed E-state index contributed by atoms with van der Waals surface area (Å²) in [5.74, 6) is -2.42. The van der Waals surface area contributed by atoms with Crippen molar-refractivity contribution in [3.8, 4) is 39.4 Å². The van der Waals surface area contributed by atoms with Crippen LogP contribution in [0.15, 0.2) is 138 Å². The summed E-state index contributed by atoms with van der Waals surface area (Å²) in [6, 6.07) is -16.2. The molecule has 4 heteroatoms. The quantitative estimate of drug-likeness (QED) is 0.201. The average Bonchev–Trinajstić information content (AvgIpc) is 3.60. The van der Waals surface area contributed by atoms with Gasteiger partial charge in [-0.3, -0.25) is 0 Å². The van der Waals surface area contributed by atoms with E-state index in [1.165, 1.54) is 0 Å². The van der Waals surface area contributed by atoms with Crippen molar-refractivity contribution < 1.29 is 34.9 Å². The van der Waals surface area contributed by atoms with Crippen LogP contribution < -0.4 is 15.7 Å². The van der Waals surface area contributed by atoms with Crippen molar-refractivity contribution in [3.05, 3.63) is 133 Å². The summed E-state index contributed by atoms with van der Waals surface area (Å²) in [6.45, 7) is 0. The highest BCUT2D eigenvalue weighted by Gasteiger charge is 2.38. The van der Waals surface area contributed by atoms with E-state index in [0.717, 1.165) is 16.2 Å². The Bertz CT molecular complexity index is 3240. The molecule has 0 N–H and O–H groups in total. The zero-order chi connectivity index (χ0) is 45.4. The lowest BCUT2D eigenvalue weighted by Crippen LogP contribution is -2.46. The second kappa shape index (κ2) is 8.42. The molecule has 2 aliphatic rings. The third kappa shape index (κ3) is 3.14. The highest BCUT2D eigenvalue weighted by atomic mass is 32.2. The van der Waals surface area contributed by atoms with Gasteiger partial charge in [0.2, 0.25) is 0 Å². The Morgan fingerprint density at radius 2 is 1.30 bits per heavy atom. The normalized spacial score (nSPS) is 20.8. The molecule has 0 saturated carbocycles. The summed E-state index contributed by atoms with van der Waals surface area (Å²) in [6.07, 6.45) is 0. The van der Waals surface area contributed by atoms with Crippen molar-refractivity contribution >= 4 is 50.3 Å². The third-order valence-electron chi connectivity index (χ3n) is 6.67. The maximum absolute atomic E-state index is 9.68. The Balaban J connectivity index is 1.47. The number of benzene rings is 6. The molecule has 7 aromatic rings. The van der Waals surface area contributed by atoms with Gasteiger partial charge in [0.05, 0.1) is 41.2 Å². The number of ether oxygens (including phenoxy) is 1. The molecule has 40 heavy (non-hydrogen) atoms. The van der Waals surface area contributed by atoms with Crippen LogP contribution in [0.1, 0.15) is 30.2 Å². The van der Waals surface area contributed by atoms with Crippen LogP contribution >= 0.6 is 11.6 Å². The van der Waals surface area contributed by atoms with E-state index < -0.39 is 178 Å².